The monoisotopic (exact) mass is 216 g/mol. The molecule has 0 spiro atoms. The van der Waals surface area contributed by atoms with E-state index in [9.17, 15) is 15.0 Å². The van der Waals surface area contributed by atoms with Gasteiger partial charge in [0, 0.05) is 13.1 Å². The Morgan fingerprint density at radius 2 is 2.00 bits per heavy atom. The van der Waals surface area contributed by atoms with Gasteiger partial charge in [-0.1, -0.05) is 19.8 Å². The second-order valence-corrected chi connectivity index (χ2v) is 4.13. The Bertz CT molecular complexity index is 213. The van der Waals surface area contributed by atoms with Crippen molar-refractivity contribution < 1.29 is 15.0 Å². The van der Waals surface area contributed by atoms with E-state index in [-0.39, 0.29) is 19.0 Å². The van der Waals surface area contributed by atoms with Crippen LogP contribution in [0.2, 0.25) is 0 Å². The predicted octanol–water partition coefficient (Wildman–Crippen LogP) is -0.932. The predicted molar refractivity (Wildman–Crippen MR) is 56.1 cm³/mol. The number of nitrogens with two attached hydrogens (primary N) is 1. The topological polar surface area (TPSA) is 86.8 Å². The van der Waals surface area contributed by atoms with Crippen molar-refractivity contribution in [3.8, 4) is 0 Å². The first-order valence-electron chi connectivity index (χ1n) is 5.46. The molecule has 0 aromatic carbocycles. The Morgan fingerprint density at radius 1 is 1.47 bits per heavy atom. The number of rotatable bonds is 4. The molecule has 4 N–H and O–H groups in total. The van der Waals surface area contributed by atoms with E-state index >= 15 is 0 Å². The van der Waals surface area contributed by atoms with Crippen LogP contribution in [0.15, 0.2) is 0 Å². The van der Waals surface area contributed by atoms with Gasteiger partial charge in [0.15, 0.2) is 0 Å². The van der Waals surface area contributed by atoms with Crippen molar-refractivity contribution in [2.75, 3.05) is 13.1 Å². The first-order chi connectivity index (χ1) is 7.06. The Kier molecular flexibility index (Phi) is 4.50. The molecule has 0 aliphatic carbocycles. The van der Waals surface area contributed by atoms with Crippen molar-refractivity contribution >= 4 is 5.91 Å². The summed E-state index contributed by atoms with van der Waals surface area (Å²) < 4.78 is 0. The Hall–Kier alpha value is -0.650. The standard InChI is InChI=1S/C10H20N2O3/c1-2-3-4-7(11)10(15)12-5-8(13)9(14)6-12/h7-9,13-14H,2-6,11H2,1H3/t7?,8-,9+. The molecule has 0 aromatic rings. The van der Waals surface area contributed by atoms with Crippen molar-refractivity contribution in [2.24, 2.45) is 5.73 Å². The van der Waals surface area contributed by atoms with Crippen LogP contribution in [0, 0.1) is 0 Å². The summed E-state index contributed by atoms with van der Waals surface area (Å²) in [6.45, 7) is 2.43. The van der Waals surface area contributed by atoms with Gasteiger partial charge in [0.05, 0.1) is 18.2 Å². The lowest BCUT2D eigenvalue weighted by atomic mass is 10.1. The van der Waals surface area contributed by atoms with Crippen LogP contribution in [0.1, 0.15) is 26.2 Å². The fraction of sp³-hybridized carbons (Fsp3) is 0.900. The largest absolute Gasteiger partial charge is 0.388 e. The van der Waals surface area contributed by atoms with Crippen molar-refractivity contribution in [1.82, 2.24) is 4.90 Å². The van der Waals surface area contributed by atoms with Crippen LogP contribution in [-0.4, -0.2) is 52.4 Å². The maximum Gasteiger partial charge on any atom is 0.239 e. The maximum absolute atomic E-state index is 11.7. The lowest BCUT2D eigenvalue weighted by Crippen LogP contribution is -2.43. The van der Waals surface area contributed by atoms with Gasteiger partial charge in [-0.05, 0) is 6.42 Å². The van der Waals surface area contributed by atoms with E-state index in [1.54, 1.807) is 0 Å². The molecule has 1 rings (SSSR count). The first-order valence-corrected chi connectivity index (χ1v) is 5.46. The molecule has 3 atom stereocenters. The van der Waals surface area contributed by atoms with Gasteiger partial charge in [-0.2, -0.15) is 0 Å². The van der Waals surface area contributed by atoms with E-state index in [1.165, 1.54) is 4.90 Å². The van der Waals surface area contributed by atoms with E-state index in [1.807, 2.05) is 6.92 Å². The molecule has 5 heteroatoms. The van der Waals surface area contributed by atoms with Crippen LogP contribution in [0.5, 0.6) is 0 Å². The number of amides is 1. The van der Waals surface area contributed by atoms with E-state index in [0.29, 0.717) is 6.42 Å². The van der Waals surface area contributed by atoms with Crippen LogP contribution < -0.4 is 5.73 Å². The van der Waals surface area contributed by atoms with Crippen molar-refractivity contribution in [3.63, 3.8) is 0 Å². The number of carbonyl (C=O) groups is 1. The fourth-order valence-electron chi connectivity index (χ4n) is 1.73. The average Bonchev–Trinajstić information content (AvgIpc) is 2.54. The molecule has 1 fully saturated rings. The summed E-state index contributed by atoms with van der Waals surface area (Å²) in [4.78, 5) is 13.2. The minimum absolute atomic E-state index is 0.168. The van der Waals surface area contributed by atoms with Gasteiger partial charge in [0.25, 0.3) is 0 Å². The number of aliphatic hydroxyl groups is 2. The number of likely N-dealkylation sites (tertiary alicyclic amines) is 1. The fourth-order valence-corrected chi connectivity index (χ4v) is 1.73. The van der Waals surface area contributed by atoms with Gasteiger partial charge in [-0.25, -0.2) is 0 Å². The lowest BCUT2D eigenvalue weighted by Gasteiger charge is -2.19. The Balaban J connectivity index is 2.40. The third kappa shape index (κ3) is 3.15. The third-order valence-corrected chi connectivity index (χ3v) is 2.76. The molecular formula is C10H20N2O3. The van der Waals surface area contributed by atoms with E-state index in [0.717, 1.165) is 12.8 Å². The second kappa shape index (κ2) is 5.44. The van der Waals surface area contributed by atoms with Crippen molar-refractivity contribution in [1.29, 1.82) is 0 Å². The summed E-state index contributed by atoms with van der Waals surface area (Å²) in [5, 5.41) is 18.6. The zero-order chi connectivity index (χ0) is 11.4. The molecule has 1 saturated heterocycles. The highest BCUT2D eigenvalue weighted by Gasteiger charge is 2.34. The smallest absolute Gasteiger partial charge is 0.239 e. The summed E-state index contributed by atoms with van der Waals surface area (Å²) in [6.07, 6.45) is 0.940. The molecule has 1 aliphatic rings. The normalized spacial score (nSPS) is 28.1. The first kappa shape index (κ1) is 12.4. The highest BCUT2D eigenvalue weighted by atomic mass is 16.3. The van der Waals surface area contributed by atoms with Gasteiger partial charge in [-0.3, -0.25) is 4.79 Å². The number of hydrogen-bond donors (Lipinski definition) is 3. The van der Waals surface area contributed by atoms with E-state index in [4.69, 9.17) is 5.73 Å². The number of hydrogen-bond acceptors (Lipinski definition) is 4. The van der Waals surface area contributed by atoms with Crippen LogP contribution in [-0.2, 0) is 4.79 Å². The second-order valence-electron chi connectivity index (χ2n) is 4.13. The van der Waals surface area contributed by atoms with Gasteiger partial charge >= 0.3 is 0 Å². The molecule has 1 heterocycles. The Labute approximate surface area is 89.9 Å². The van der Waals surface area contributed by atoms with Crippen LogP contribution in [0.3, 0.4) is 0 Å². The van der Waals surface area contributed by atoms with Crippen molar-refractivity contribution in [2.45, 2.75) is 44.4 Å². The minimum Gasteiger partial charge on any atom is -0.388 e. The van der Waals surface area contributed by atoms with Crippen LogP contribution in [0.25, 0.3) is 0 Å². The molecule has 1 unspecified atom stereocenters. The molecule has 5 nitrogen and oxygen atoms in total. The summed E-state index contributed by atoms with van der Waals surface area (Å²) in [5.74, 6) is -0.168. The van der Waals surface area contributed by atoms with Gasteiger partial charge in [0.1, 0.15) is 0 Å². The number of nitrogens with zero attached hydrogens (tertiary/aromatic N) is 1. The number of carbonyl (C=O) groups excluding carboxylic acids is 1. The van der Waals surface area contributed by atoms with Gasteiger partial charge < -0.3 is 20.8 Å². The molecule has 1 amide bonds. The number of β-amino-alcohol motifs (C(OH)–C–C–N with tert-alkyl or cyclic N) is 2. The third-order valence-electron chi connectivity index (χ3n) is 2.76. The highest BCUT2D eigenvalue weighted by molar-refractivity contribution is 5.82. The van der Waals surface area contributed by atoms with Crippen molar-refractivity contribution in [3.05, 3.63) is 0 Å². The summed E-state index contributed by atoms with van der Waals surface area (Å²) in [6, 6.07) is -0.498. The van der Waals surface area contributed by atoms with Gasteiger partial charge in [0.2, 0.25) is 5.91 Å². The molecule has 1 aliphatic heterocycles. The van der Waals surface area contributed by atoms with Crippen LogP contribution >= 0.6 is 0 Å². The van der Waals surface area contributed by atoms with E-state index < -0.39 is 18.2 Å². The molecule has 0 bridgehead atoms. The molecule has 0 aromatic heterocycles. The molecule has 88 valence electrons. The Morgan fingerprint density at radius 3 is 2.47 bits per heavy atom. The zero-order valence-electron chi connectivity index (χ0n) is 9.09. The summed E-state index contributed by atoms with van der Waals surface area (Å²) in [5.41, 5.74) is 5.72. The average molecular weight is 216 g/mol. The molecular weight excluding hydrogens is 196 g/mol. The molecule has 15 heavy (non-hydrogen) atoms. The zero-order valence-corrected chi connectivity index (χ0v) is 9.09. The maximum atomic E-state index is 11.7. The van der Waals surface area contributed by atoms with E-state index in [2.05, 4.69) is 0 Å². The number of unbranched alkanes of at least 4 members (excludes halogenated alkanes) is 1. The van der Waals surface area contributed by atoms with Gasteiger partial charge in [-0.15, -0.1) is 0 Å². The molecule has 0 saturated carbocycles. The summed E-state index contributed by atoms with van der Waals surface area (Å²) in [7, 11) is 0. The SMILES string of the molecule is CCCCC(N)C(=O)N1C[C@@H](O)[C@@H](O)C1. The number of aliphatic hydroxyl groups excluding tert-OH is 2. The highest BCUT2D eigenvalue weighted by Crippen LogP contribution is 2.12. The summed E-state index contributed by atoms with van der Waals surface area (Å²) >= 11 is 0. The minimum atomic E-state index is -0.827. The lowest BCUT2D eigenvalue weighted by molar-refractivity contribution is -0.132. The quantitative estimate of drug-likeness (QED) is 0.566. The van der Waals surface area contributed by atoms with Crippen LogP contribution in [0.4, 0.5) is 0 Å². The molecule has 0 radical (unpaired) electrons.